The lowest BCUT2D eigenvalue weighted by Crippen LogP contribution is -2.44. The van der Waals surface area contributed by atoms with Crippen molar-refractivity contribution in [3.8, 4) is 0 Å². The Morgan fingerprint density at radius 2 is 1.74 bits per heavy atom. The second kappa shape index (κ2) is 10.2. The van der Waals surface area contributed by atoms with E-state index in [0.717, 1.165) is 5.41 Å². The summed E-state index contributed by atoms with van der Waals surface area (Å²) in [6.07, 6.45) is 1.45. The van der Waals surface area contributed by atoms with Gasteiger partial charge in [-0.3, -0.25) is 19.2 Å². The van der Waals surface area contributed by atoms with Gasteiger partial charge in [0, 0.05) is 5.69 Å². The second-order valence-electron chi connectivity index (χ2n) is 7.56. The summed E-state index contributed by atoms with van der Waals surface area (Å²) in [5.74, 6) is -1.73. The van der Waals surface area contributed by atoms with E-state index in [9.17, 15) is 22.8 Å². The van der Waals surface area contributed by atoms with Crippen molar-refractivity contribution in [2.24, 2.45) is 0 Å². The van der Waals surface area contributed by atoms with Gasteiger partial charge in [-0.15, -0.1) is 0 Å². The molecule has 0 bridgehead atoms. The predicted octanol–water partition coefficient (Wildman–Crippen LogP) is 3.24. The number of rotatable bonds is 7. The monoisotopic (exact) mass is 491 g/mol. The summed E-state index contributed by atoms with van der Waals surface area (Å²) in [4.78, 5) is 38.3. The number of hydrogen-bond acceptors (Lipinski definition) is 6. The van der Waals surface area contributed by atoms with Crippen molar-refractivity contribution < 1.29 is 27.5 Å². The van der Waals surface area contributed by atoms with E-state index >= 15 is 0 Å². The number of hydrogen-bond donors (Lipinski definition) is 2. The smallest absolute Gasteiger partial charge is 0.338 e. The van der Waals surface area contributed by atoms with Gasteiger partial charge in [-0.1, -0.05) is 48.5 Å². The first-order valence-electron chi connectivity index (χ1n) is 10.5. The van der Waals surface area contributed by atoms with E-state index in [0.29, 0.717) is 16.9 Å². The van der Waals surface area contributed by atoms with Gasteiger partial charge in [0.2, 0.25) is 5.91 Å². The van der Waals surface area contributed by atoms with Crippen LogP contribution in [-0.4, -0.2) is 39.4 Å². The van der Waals surface area contributed by atoms with Gasteiger partial charge >= 0.3 is 5.97 Å². The summed E-state index contributed by atoms with van der Waals surface area (Å²) < 4.78 is 32.3. The van der Waals surface area contributed by atoms with E-state index in [4.69, 9.17) is 4.74 Å². The van der Waals surface area contributed by atoms with Crippen LogP contribution in [0.25, 0.3) is 6.08 Å². The fourth-order valence-electron chi connectivity index (χ4n) is 3.38. The van der Waals surface area contributed by atoms with Crippen molar-refractivity contribution in [2.75, 3.05) is 28.1 Å². The zero-order chi connectivity index (χ0) is 24.8. The van der Waals surface area contributed by atoms with E-state index in [1.54, 1.807) is 48.5 Å². The van der Waals surface area contributed by atoms with Gasteiger partial charge in [0.1, 0.15) is 6.54 Å². The average Bonchev–Trinajstić information content (AvgIpc) is 2.86. The Morgan fingerprint density at radius 1 is 1.00 bits per heavy atom. The lowest BCUT2D eigenvalue weighted by Gasteiger charge is -2.28. The molecule has 4 rings (SSSR count). The lowest BCUT2D eigenvalue weighted by atomic mass is 10.2. The molecular formula is C25H21N3O6S. The molecule has 1 heterocycles. The van der Waals surface area contributed by atoms with Crippen molar-refractivity contribution in [1.29, 1.82) is 0 Å². The van der Waals surface area contributed by atoms with Gasteiger partial charge in [0.15, 0.2) is 6.61 Å². The summed E-state index contributed by atoms with van der Waals surface area (Å²) >= 11 is 0. The van der Waals surface area contributed by atoms with Crippen LogP contribution < -0.4 is 14.9 Å². The standard InChI is InChI=1S/C25H21N3O6S/c29-23-16-28(22-12-5-4-11-21(22)26-23)24(30)17-34-25(31)19-9-6-10-20(15-19)27-35(32,33)14-13-18-7-2-1-3-8-18/h1-15,27H,16-17H2,(H,26,29)/b14-13+. The van der Waals surface area contributed by atoms with Crippen LogP contribution in [0.15, 0.2) is 84.3 Å². The number of fused-ring (bicyclic) bond motifs is 1. The average molecular weight is 492 g/mol. The number of esters is 1. The van der Waals surface area contributed by atoms with E-state index < -0.39 is 28.5 Å². The third-order valence-corrected chi connectivity index (χ3v) is 6.01. The quantitative estimate of drug-likeness (QED) is 0.490. The van der Waals surface area contributed by atoms with Crippen LogP contribution in [0.3, 0.4) is 0 Å². The van der Waals surface area contributed by atoms with Crippen LogP contribution >= 0.6 is 0 Å². The zero-order valence-electron chi connectivity index (χ0n) is 18.4. The number of carbonyl (C=O) groups excluding carboxylic acids is 3. The molecule has 0 atom stereocenters. The summed E-state index contributed by atoms with van der Waals surface area (Å²) in [7, 11) is -3.83. The van der Waals surface area contributed by atoms with Crippen molar-refractivity contribution in [3.05, 3.63) is 95.4 Å². The minimum Gasteiger partial charge on any atom is -0.452 e. The molecule has 0 spiro atoms. The molecule has 0 aromatic heterocycles. The molecule has 2 N–H and O–H groups in total. The maximum Gasteiger partial charge on any atom is 0.338 e. The summed E-state index contributed by atoms with van der Waals surface area (Å²) in [5, 5.41) is 3.70. The molecule has 178 valence electrons. The van der Waals surface area contributed by atoms with E-state index in [1.807, 2.05) is 6.07 Å². The number of carbonyl (C=O) groups is 3. The van der Waals surface area contributed by atoms with E-state index in [2.05, 4.69) is 10.0 Å². The summed E-state index contributed by atoms with van der Waals surface area (Å²) in [5.41, 5.74) is 1.93. The normalized spacial score (nSPS) is 13.1. The number of nitrogens with one attached hydrogen (secondary N) is 2. The number of benzene rings is 3. The van der Waals surface area contributed by atoms with Gasteiger partial charge in [-0.05, 0) is 42.0 Å². The second-order valence-corrected chi connectivity index (χ2v) is 9.13. The third kappa shape index (κ3) is 6.12. The molecule has 0 radical (unpaired) electrons. The van der Waals surface area contributed by atoms with Crippen LogP contribution in [0.1, 0.15) is 15.9 Å². The fraction of sp³-hybridized carbons (Fsp3) is 0.0800. The predicted molar refractivity (Wildman–Crippen MR) is 132 cm³/mol. The highest BCUT2D eigenvalue weighted by Crippen LogP contribution is 2.28. The Bertz CT molecular complexity index is 1400. The first-order valence-corrected chi connectivity index (χ1v) is 12.1. The molecule has 9 nitrogen and oxygen atoms in total. The number of sulfonamides is 1. The maximum atomic E-state index is 12.7. The minimum absolute atomic E-state index is 0.0572. The number of ether oxygens (including phenoxy) is 1. The van der Waals surface area contributed by atoms with Crippen LogP contribution in [0.5, 0.6) is 0 Å². The zero-order valence-corrected chi connectivity index (χ0v) is 19.2. The Kier molecular flexibility index (Phi) is 6.93. The van der Waals surface area contributed by atoms with Crippen LogP contribution in [0.4, 0.5) is 17.1 Å². The van der Waals surface area contributed by atoms with Crippen molar-refractivity contribution in [1.82, 2.24) is 0 Å². The molecule has 3 aromatic carbocycles. The molecule has 10 heteroatoms. The molecule has 0 saturated carbocycles. The molecule has 0 fully saturated rings. The molecule has 0 saturated heterocycles. The van der Waals surface area contributed by atoms with Crippen molar-refractivity contribution in [2.45, 2.75) is 0 Å². The van der Waals surface area contributed by atoms with Gasteiger partial charge in [-0.25, -0.2) is 13.2 Å². The Balaban J connectivity index is 1.39. The number of nitrogens with zero attached hydrogens (tertiary/aromatic N) is 1. The topological polar surface area (TPSA) is 122 Å². The van der Waals surface area contributed by atoms with Crippen molar-refractivity contribution in [3.63, 3.8) is 0 Å². The van der Waals surface area contributed by atoms with Crippen LogP contribution in [-0.2, 0) is 24.3 Å². The third-order valence-electron chi connectivity index (χ3n) is 5.00. The molecule has 1 aliphatic rings. The Hall–Kier alpha value is -4.44. The molecule has 3 aromatic rings. The molecule has 0 aliphatic carbocycles. The molecule has 0 unspecified atom stereocenters. The highest BCUT2D eigenvalue weighted by Gasteiger charge is 2.27. The number of para-hydroxylation sites is 2. The maximum absolute atomic E-state index is 12.7. The minimum atomic E-state index is -3.83. The Morgan fingerprint density at radius 3 is 2.54 bits per heavy atom. The summed E-state index contributed by atoms with van der Waals surface area (Å²) in [6.45, 7) is -0.780. The fourth-order valence-corrected chi connectivity index (χ4v) is 4.24. The summed E-state index contributed by atoms with van der Waals surface area (Å²) in [6, 6.07) is 21.4. The van der Waals surface area contributed by atoms with Crippen LogP contribution in [0, 0.1) is 0 Å². The van der Waals surface area contributed by atoms with Gasteiger partial charge in [0.05, 0.1) is 22.3 Å². The van der Waals surface area contributed by atoms with Gasteiger partial charge in [-0.2, -0.15) is 0 Å². The first-order chi connectivity index (χ1) is 16.8. The van der Waals surface area contributed by atoms with Gasteiger partial charge < -0.3 is 10.1 Å². The first kappa shape index (κ1) is 23.7. The number of anilines is 3. The largest absolute Gasteiger partial charge is 0.452 e. The molecule has 1 aliphatic heterocycles. The molecular weight excluding hydrogens is 470 g/mol. The Labute approximate surface area is 202 Å². The SMILES string of the molecule is O=C1CN(C(=O)COC(=O)c2cccc(NS(=O)(=O)/C=C/c3ccccc3)c2)c2ccccc2N1. The number of amides is 2. The highest BCUT2D eigenvalue weighted by molar-refractivity contribution is 7.95. The van der Waals surface area contributed by atoms with Crippen molar-refractivity contribution >= 4 is 50.9 Å². The van der Waals surface area contributed by atoms with Gasteiger partial charge in [0.25, 0.3) is 15.9 Å². The van der Waals surface area contributed by atoms with E-state index in [1.165, 1.54) is 35.2 Å². The highest BCUT2D eigenvalue weighted by atomic mass is 32.2. The molecule has 35 heavy (non-hydrogen) atoms. The molecule has 2 amide bonds. The van der Waals surface area contributed by atoms with E-state index in [-0.39, 0.29) is 23.7 Å². The lowest BCUT2D eigenvalue weighted by molar-refractivity contribution is -0.124. The van der Waals surface area contributed by atoms with Crippen LogP contribution in [0.2, 0.25) is 0 Å².